The van der Waals surface area contributed by atoms with Crippen LogP contribution >= 0.6 is 0 Å². The van der Waals surface area contributed by atoms with Crippen LogP contribution in [-0.2, 0) is 21.1 Å². The first-order valence-corrected chi connectivity index (χ1v) is 15.1. The highest BCUT2D eigenvalue weighted by Gasteiger charge is 2.25. The van der Waals surface area contributed by atoms with Crippen LogP contribution in [0.2, 0.25) is 0 Å². The maximum atomic E-state index is 12.9. The van der Waals surface area contributed by atoms with Crippen LogP contribution in [0.3, 0.4) is 0 Å². The Hall–Kier alpha value is -2.78. The second-order valence-corrected chi connectivity index (χ2v) is 11.9. The fourth-order valence-electron chi connectivity index (χ4n) is 4.80. The van der Waals surface area contributed by atoms with E-state index in [1.807, 2.05) is 17.0 Å². The third-order valence-corrected chi connectivity index (χ3v) is 8.00. The lowest BCUT2D eigenvalue weighted by molar-refractivity contribution is -0.130. The molecule has 0 bridgehead atoms. The number of nitrogens with zero attached hydrogens (tertiary/aromatic N) is 4. The number of carbonyl (C=O) groups is 2. The Morgan fingerprint density at radius 2 is 1.86 bits per heavy atom. The second kappa shape index (κ2) is 13.7. The predicted molar refractivity (Wildman–Crippen MR) is 145 cm³/mol. The van der Waals surface area contributed by atoms with Gasteiger partial charge in [-0.2, -0.15) is 0 Å². The third kappa shape index (κ3) is 8.64. The summed E-state index contributed by atoms with van der Waals surface area (Å²) in [6.45, 7) is 8.40. The van der Waals surface area contributed by atoms with Crippen molar-refractivity contribution < 1.29 is 18.0 Å². The van der Waals surface area contributed by atoms with E-state index >= 15 is 0 Å². The van der Waals surface area contributed by atoms with E-state index in [1.165, 1.54) is 6.26 Å². The number of carbonyl (C=O) groups excluding carboxylic acids is 2. The molecule has 2 heterocycles. The van der Waals surface area contributed by atoms with E-state index in [9.17, 15) is 18.0 Å². The van der Waals surface area contributed by atoms with Crippen LogP contribution in [-0.4, -0.2) is 91.5 Å². The summed E-state index contributed by atoms with van der Waals surface area (Å²) < 4.78 is 23.4. The van der Waals surface area contributed by atoms with Gasteiger partial charge >= 0.3 is 0 Å². The second-order valence-electron chi connectivity index (χ2n) is 9.92. The smallest absolute Gasteiger partial charge is 0.255 e. The Morgan fingerprint density at radius 3 is 2.51 bits per heavy atom. The van der Waals surface area contributed by atoms with Crippen molar-refractivity contribution in [3.8, 4) is 0 Å². The van der Waals surface area contributed by atoms with Gasteiger partial charge in [0.1, 0.15) is 6.54 Å². The average Bonchev–Trinajstić information content (AvgIpc) is 3.06. The number of sulfone groups is 1. The highest BCUT2D eigenvalue weighted by Crippen LogP contribution is 2.15. The maximum absolute atomic E-state index is 12.9. The SMILES string of the molecule is CCCN(CCCCN1CCCN(C(=O)c2cccnc2)CC1=O)C(C)Cc1ccc(S(C)(=O)=O)cc1. The zero-order valence-electron chi connectivity index (χ0n) is 22.3. The number of rotatable bonds is 12. The molecule has 0 saturated carbocycles. The van der Waals surface area contributed by atoms with Crippen molar-refractivity contribution in [3.63, 3.8) is 0 Å². The van der Waals surface area contributed by atoms with Crippen LogP contribution in [0.15, 0.2) is 53.7 Å². The quantitative estimate of drug-likeness (QED) is 0.393. The Bertz CT molecular complexity index is 1120. The van der Waals surface area contributed by atoms with Crippen LogP contribution in [0.4, 0.5) is 0 Å². The lowest BCUT2D eigenvalue weighted by Crippen LogP contribution is -2.40. The molecule has 0 radical (unpaired) electrons. The van der Waals surface area contributed by atoms with E-state index < -0.39 is 9.84 Å². The standard InChI is InChI=1S/C28H40N4O4S/c1-4-15-30(23(2)20-24-10-12-26(13-11-24)37(3,35)36)16-5-6-17-31-18-8-19-32(22-27(31)33)28(34)25-9-7-14-29-21-25/h7,9-14,21,23H,4-6,8,15-20,22H2,1-3H3. The largest absolute Gasteiger partial charge is 0.341 e. The molecule has 8 nitrogen and oxygen atoms in total. The van der Waals surface area contributed by atoms with Gasteiger partial charge in [-0.05, 0) is 81.9 Å². The van der Waals surface area contributed by atoms with Gasteiger partial charge < -0.3 is 14.7 Å². The summed E-state index contributed by atoms with van der Waals surface area (Å²) >= 11 is 0. The van der Waals surface area contributed by atoms with E-state index in [0.29, 0.717) is 36.1 Å². The summed E-state index contributed by atoms with van der Waals surface area (Å²) in [7, 11) is -3.18. The first kappa shape index (κ1) is 28.8. The van der Waals surface area contributed by atoms with Gasteiger partial charge in [0.05, 0.1) is 10.5 Å². The van der Waals surface area contributed by atoms with Crippen molar-refractivity contribution in [2.75, 3.05) is 45.5 Å². The molecule has 1 atom stereocenters. The molecule has 1 aliphatic rings. The van der Waals surface area contributed by atoms with Crippen molar-refractivity contribution in [3.05, 3.63) is 59.9 Å². The van der Waals surface area contributed by atoms with Gasteiger partial charge in [-0.1, -0.05) is 19.1 Å². The first-order chi connectivity index (χ1) is 17.7. The normalized spacial score (nSPS) is 15.6. The molecular formula is C28H40N4O4S. The van der Waals surface area contributed by atoms with Crippen LogP contribution in [0.1, 0.15) is 55.5 Å². The number of pyridine rings is 1. The molecule has 1 saturated heterocycles. The molecule has 202 valence electrons. The summed E-state index contributed by atoms with van der Waals surface area (Å²) in [5.74, 6) is -0.135. The molecule has 37 heavy (non-hydrogen) atoms. The van der Waals surface area contributed by atoms with Crippen molar-refractivity contribution in [2.24, 2.45) is 0 Å². The average molecular weight is 529 g/mol. The van der Waals surface area contributed by atoms with Gasteiger partial charge in [-0.15, -0.1) is 0 Å². The molecule has 1 aromatic carbocycles. The molecular weight excluding hydrogens is 488 g/mol. The number of aromatic nitrogens is 1. The molecule has 1 aromatic heterocycles. The van der Waals surface area contributed by atoms with Crippen molar-refractivity contribution >= 4 is 21.7 Å². The lowest BCUT2D eigenvalue weighted by Gasteiger charge is -2.29. The molecule has 1 unspecified atom stereocenters. The topological polar surface area (TPSA) is 90.9 Å². The Morgan fingerprint density at radius 1 is 1.11 bits per heavy atom. The van der Waals surface area contributed by atoms with E-state index in [4.69, 9.17) is 0 Å². The van der Waals surface area contributed by atoms with E-state index in [-0.39, 0.29) is 18.4 Å². The minimum atomic E-state index is -3.18. The highest BCUT2D eigenvalue weighted by atomic mass is 32.2. The van der Waals surface area contributed by atoms with Crippen LogP contribution in [0.25, 0.3) is 0 Å². The minimum absolute atomic E-state index is 0.00561. The van der Waals surface area contributed by atoms with Gasteiger partial charge in [0.25, 0.3) is 5.91 Å². The van der Waals surface area contributed by atoms with Crippen LogP contribution in [0.5, 0.6) is 0 Å². The fourth-order valence-corrected chi connectivity index (χ4v) is 5.43. The molecule has 1 fully saturated rings. The molecule has 0 N–H and O–H groups in total. The predicted octanol–water partition coefficient (Wildman–Crippen LogP) is 3.28. The van der Waals surface area contributed by atoms with Crippen LogP contribution in [0, 0.1) is 0 Å². The number of hydrogen-bond acceptors (Lipinski definition) is 6. The van der Waals surface area contributed by atoms with E-state index in [0.717, 1.165) is 50.8 Å². The molecule has 1 aliphatic heterocycles. The molecule has 2 aromatic rings. The number of unbranched alkanes of at least 4 members (excludes halogenated alkanes) is 1. The summed E-state index contributed by atoms with van der Waals surface area (Å²) in [4.78, 5) is 36.0. The fraction of sp³-hybridized carbons (Fsp3) is 0.536. The minimum Gasteiger partial charge on any atom is -0.341 e. The van der Waals surface area contributed by atoms with Crippen molar-refractivity contribution in [2.45, 2.75) is 56.9 Å². The van der Waals surface area contributed by atoms with Gasteiger partial charge in [0.2, 0.25) is 5.91 Å². The van der Waals surface area contributed by atoms with Crippen molar-refractivity contribution in [1.82, 2.24) is 19.7 Å². The molecule has 2 amide bonds. The van der Waals surface area contributed by atoms with Gasteiger partial charge in [0.15, 0.2) is 9.84 Å². The molecule has 0 spiro atoms. The third-order valence-electron chi connectivity index (χ3n) is 6.87. The summed E-state index contributed by atoms with van der Waals surface area (Å²) in [6.07, 6.45) is 8.99. The molecule has 0 aliphatic carbocycles. The first-order valence-electron chi connectivity index (χ1n) is 13.2. The highest BCUT2D eigenvalue weighted by molar-refractivity contribution is 7.90. The summed E-state index contributed by atoms with van der Waals surface area (Å²) in [5.41, 5.74) is 1.64. The van der Waals surface area contributed by atoms with Crippen molar-refractivity contribution in [1.29, 1.82) is 0 Å². The summed E-state index contributed by atoms with van der Waals surface area (Å²) in [6, 6.07) is 11.0. The molecule has 9 heteroatoms. The van der Waals surface area contributed by atoms with Gasteiger partial charge in [-0.25, -0.2) is 8.42 Å². The number of hydrogen-bond donors (Lipinski definition) is 0. The Balaban J connectivity index is 1.46. The molecule has 3 rings (SSSR count). The monoisotopic (exact) mass is 528 g/mol. The summed E-state index contributed by atoms with van der Waals surface area (Å²) in [5, 5.41) is 0. The maximum Gasteiger partial charge on any atom is 0.255 e. The zero-order valence-corrected chi connectivity index (χ0v) is 23.1. The Kier molecular flexibility index (Phi) is 10.6. The lowest BCUT2D eigenvalue weighted by atomic mass is 10.1. The number of benzene rings is 1. The Labute approximate surface area is 221 Å². The van der Waals surface area contributed by atoms with E-state index in [1.54, 1.807) is 41.6 Å². The number of amides is 2. The van der Waals surface area contributed by atoms with E-state index in [2.05, 4.69) is 23.7 Å². The zero-order chi connectivity index (χ0) is 26.8. The van der Waals surface area contributed by atoms with Gasteiger partial charge in [-0.3, -0.25) is 14.6 Å². The van der Waals surface area contributed by atoms with Gasteiger partial charge in [0, 0.05) is 44.3 Å². The van der Waals surface area contributed by atoms with Crippen LogP contribution < -0.4 is 0 Å².